The van der Waals surface area contributed by atoms with Gasteiger partial charge in [-0.25, -0.2) is 13.1 Å². The minimum absolute atomic E-state index is 0.0876. The number of hydrogen-bond donors (Lipinski definition) is 2. The molecule has 2 aromatic carbocycles. The van der Waals surface area contributed by atoms with Crippen LogP contribution in [-0.4, -0.2) is 8.42 Å². The minimum atomic E-state index is -3.66. The van der Waals surface area contributed by atoms with Crippen LogP contribution in [0, 0.1) is 6.92 Å². The van der Waals surface area contributed by atoms with Gasteiger partial charge in [0.05, 0.1) is 5.69 Å². The van der Waals surface area contributed by atoms with Crippen molar-refractivity contribution >= 4 is 31.6 Å². The van der Waals surface area contributed by atoms with Gasteiger partial charge >= 0.3 is 0 Å². The van der Waals surface area contributed by atoms with E-state index in [1.165, 1.54) is 6.07 Å². The number of nitrogens with one attached hydrogen (secondary N) is 1. The van der Waals surface area contributed by atoms with Crippen molar-refractivity contribution in [3.63, 3.8) is 0 Å². The van der Waals surface area contributed by atoms with Gasteiger partial charge in [0.25, 0.3) is 0 Å². The second kappa shape index (κ2) is 6.17. The summed E-state index contributed by atoms with van der Waals surface area (Å²) >= 11 is 3.26. The highest BCUT2D eigenvalue weighted by Gasteiger charge is 2.20. The van der Waals surface area contributed by atoms with Crippen molar-refractivity contribution in [2.45, 2.75) is 24.8 Å². The molecule has 0 fully saturated rings. The molecule has 2 rings (SSSR count). The standard InChI is InChI=1S/C15H17BrN2O2S/c1-10-3-5-12(6-4-10)11(2)18-21(19,20)15-8-7-13(16)9-14(15)17/h3-9,11,18H,17H2,1-2H3. The van der Waals surface area contributed by atoms with E-state index in [9.17, 15) is 8.42 Å². The Morgan fingerprint density at radius 2 is 1.76 bits per heavy atom. The molecule has 0 aromatic heterocycles. The van der Waals surface area contributed by atoms with Gasteiger partial charge in [0.2, 0.25) is 10.0 Å². The Balaban J connectivity index is 2.26. The average Bonchev–Trinajstić information content (AvgIpc) is 2.38. The number of rotatable bonds is 4. The van der Waals surface area contributed by atoms with E-state index in [4.69, 9.17) is 5.73 Å². The maximum atomic E-state index is 12.4. The fraction of sp³-hybridized carbons (Fsp3) is 0.200. The van der Waals surface area contributed by atoms with Crippen molar-refractivity contribution in [1.82, 2.24) is 4.72 Å². The van der Waals surface area contributed by atoms with Crippen molar-refractivity contribution in [3.8, 4) is 0 Å². The van der Waals surface area contributed by atoms with Gasteiger partial charge in [-0.2, -0.15) is 0 Å². The van der Waals surface area contributed by atoms with Gasteiger partial charge in [-0.3, -0.25) is 0 Å². The van der Waals surface area contributed by atoms with Crippen molar-refractivity contribution in [3.05, 3.63) is 58.1 Å². The fourth-order valence-electron chi connectivity index (χ4n) is 1.98. The number of benzene rings is 2. The maximum Gasteiger partial charge on any atom is 0.243 e. The Morgan fingerprint density at radius 1 is 1.14 bits per heavy atom. The molecule has 0 bridgehead atoms. The molecule has 0 spiro atoms. The van der Waals surface area contributed by atoms with Gasteiger partial charge in [0, 0.05) is 10.5 Å². The van der Waals surface area contributed by atoms with E-state index in [-0.39, 0.29) is 16.6 Å². The molecule has 0 saturated carbocycles. The third-order valence-electron chi connectivity index (χ3n) is 3.17. The molecule has 0 aliphatic carbocycles. The maximum absolute atomic E-state index is 12.4. The van der Waals surface area contributed by atoms with Crippen molar-refractivity contribution in [2.75, 3.05) is 5.73 Å². The number of sulfonamides is 1. The zero-order valence-electron chi connectivity index (χ0n) is 11.8. The largest absolute Gasteiger partial charge is 0.398 e. The van der Waals surface area contributed by atoms with Crippen LogP contribution in [0.5, 0.6) is 0 Å². The van der Waals surface area contributed by atoms with Crippen molar-refractivity contribution in [1.29, 1.82) is 0 Å². The molecule has 1 atom stereocenters. The van der Waals surface area contributed by atoms with Crippen LogP contribution in [0.2, 0.25) is 0 Å². The number of halogens is 1. The zero-order valence-corrected chi connectivity index (χ0v) is 14.2. The molecule has 0 saturated heterocycles. The molecule has 2 aromatic rings. The highest BCUT2D eigenvalue weighted by molar-refractivity contribution is 9.10. The van der Waals surface area contributed by atoms with Gasteiger partial charge in [0.15, 0.2) is 0 Å². The Hall–Kier alpha value is -1.37. The van der Waals surface area contributed by atoms with E-state index in [2.05, 4.69) is 20.7 Å². The predicted octanol–water partition coefficient (Wildman–Crippen LogP) is 3.38. The van der Waals surface area contributed by atoms with Gasteiger partial charge in [0.1, 0.15) is 4.90 Å². The minimum Gasteiger partial charge on any atom is -0.398 e. The van der Waals surface area contributed by atoms with Gasteiger partial charge in [-0.05, 0) is 37.6 Å². The van der Waals surface area contributed by atoms with Crippen LogP contribution in [0.4, 0.5) is 5.69 Å². The third kappa shape index (κ3) is 3.84. The van der Waals surface area contributed by atoms with E-state index in [1.54, 1.807) is 19.1 Å². The summed E-state index contributed by atoms with van der Waals surface area (Å²) in [5.74, 6) is 0. The van der Waals surface area contributed by atoms with Crippen molar-refractivity contribution in [2.24, 2.45) is 0 Å². The highest BCUT2D eigenvalue weighted by atomic mass is 79.9. The molecule has 6 heteroatoms. The summed E-state index contributed by atoms with van der Waals surface area (Å²) in [5, 5.41) is 0. The Kier molecular flexibility index (Phi) is 4.70. The van der Waals surface area contributed by atoms with Gasteiger partial charge in [-0.1, -0.05) is 45.8 Å². The number of hydrogen-bond acceptors (Lipinski definition) is 3. The molecule has 0 aliphatic heterocycles. The normalized spacial score (nSPS) is 13.1. The van der Waals surface area contributed by atoms with Crippen LogP contribution >= 0.6 is 15.9 Å². The lowest BCUT2D eigenvalue weighted by molar-refractivity contribution is 0.567. The smallest absolute Gasteiger partial charge is 0.243 e. The fourth-order valence-corrected chi connectivity index (χ4v) is 3.71. The van der Waals surface area contributed by atoms with Crippen molar-refractivity contribution < 1.29 is 8.42 Å². The molecule has 0 heterocycles. The lowest BCUT2D eigenvalue weighted by atomic mass is 10.1. The number of aryl methyl sites for hydroxylation is 1. The van der Waals surface area contributed by atoms with Crippen LogP contribution < -0.4 is 10.5 Å². The summed E-state index contributed by atoms with van der Waals surface area (Å²) in [6.07, 6.45) is 0. The SMILES string of the molecule is Cc1ccc(C(C)NS(=O)(=O)c2ccc(Br)cc2N)cc1. The first-order valence-corrected chi connectivity index (χ1v) is 8.71. The summed E-state index contributed by atoms with van der Waals surface area (Å²) in [6, 6.07) is 12.1. The summed E-state index contributed by atoms with van der Waals surface area (Å²) in [4.78, 5) is 0.0876. The van der Waals surface area contributed by atoms with Crippen LogP contribution in [0.1, 0.15) is 24.1 Å². The summed E-state index contributed by atoms with van der Waals surface area (Å²) in [7, 11) is -3.66. The third-order valence-corrected chi connectivity index (χ3v) is 5.28. The molecule has 0 amide bonds. The first-order valence-electron chi connectivity index (χ1n) is 6.43. The average molecular weight is 369 g/mol. The van der Waals surface area contributed by atoms with E-state index >= 15 is 0 Å². The van der Waals surface area contributed by atoms with Crippen LogP contribution in [0.3, 0.4) is 0 Å². The summed E-state index contributed by atoms with van der Waals surface area (Å²) < 4.78 is 28.2. The Morgan fingerprint density at radius 3 is 2.33 bits per heavy atom. The topological polar surface area (TPSA) is 72.2 Å². The first kappa shape index (κ1) is 16.0. The molecule has 3 N–H and O–H groups in total. The molecule has 0 aliphatic rings. The lowest BCUT2D eigenvalue weighted by Crippen LogP contribution is -2.27. The van der Waals surface area contributed by atoms with E-state index in [0.717, 1.165) is 15.6 Å². The van der Waals surface area contributed by atoms with Crippen LogP contribution in [-0.2, 0) is 10.0 Å². The second-order valence-electron chi connectivity index (χ2n) is 4.94. The quantitative estimate of drug-likeness (QED) is 0.812. The molecular weight excluding hydrogens is 352 g/mol. The molecule has 4 nitrogen and oxygen atoms in total. The number of anilines is 1. The highest BCUT2D eigenvalue weighted by Crippen LogP contribution is 2.24. The molecule has 112 valence electrons. The van der Waals surface area contributed by atoms with E-state index in [1.807, 2.05) is 31.2 Å². The number of nitrogens with two attached hydrogens (primary N) is 1. The van der Waals surface area contributed by atoms with Gasteiger partial charge in [-0.15, -0.1) is 0 Å². The Bertz CT molecular complexity index is 743. The number of nitrogen functional groups attached to an aromatic ring is 1. The molecular formula is C15H17BrN2O2S. The zero-order chi connectivity index (χ0) is 15.6. The summed E-state index contributed by atoms with van der Waals surface area (Å²) in [6.45, 7) is 3.79. The van der Waals surface area contributed by atoms with E-state index in [0.29, 0.717) is 0 Å². The summed E-state index contributed by atoms with van der Waals surface area (Å²) in [5.41, 5.74) is 8.04. The van der Waals surface area contributed by atoms with E-state index < -0.39 is 10.0 Å². The van der Waals surface area contributed by atoms with Gasteiger partial charge < -0.3 is 5.73 Å². The van der Waals surface area contributed by atoms with Crippen LogP contribution in [0.25, 0.3) is 0 Å². The predicted molar refractivity (Wildman–Crippen MR) is 88.5 cm³/mol. The lowest BCUT2D eigenvalue weighted by Gasteiger charge is -2.16. The Labute approximate surface area is 133 Å². The first-order chi connectivity index (χ1) is 9.79. The monoisotopic (exact) mass is 368 g/mol. The second-order valence-corrected chi connectivity index (χ2v) is 7.53. The van der Waals surface area contributed by atoms with Crippen LogP contribution in [0.15, 0.2) is 51.8 Å². The molecule has 1 unspecified atom stereocenters. The molecule has 21 heavy (non-hydrogen) atoms. The molecule has 0 radical (unpaired) electrons.